The third kappa shape index (κ3) is 18.6. The second-order valence-electron chi connectivity index (χ2n) is 7.67. The lowest BCUT2D eigenvalue weighted by Crippen LogP contribution is -2.09. The van der Waals surface area contributed by atoms with Gasteiger partial charge in [0.2, 0.25) is 0 Å². The van der Waals surface area contributed by atoms with Crippen LogP contribution in [0.2, 0.25) is 0 Å². The van der Waals surface area contributed by atoms with Crippen molar-refractivity contribution in [2.24, 2.45) is 5.92 Å². The maximum atomic E-state index is 11.7. The Balaban J connectivity index is 3.85. The van der Waals surface area contributed by atoms with Gasteiger partial charge in [-0.3, -0.25) is 4.79 Å². The third-order valence-electron chi connectivity index (χ3n) is 5.00. The largest absolute Gasteiger partial charge is 0.466 e. The van der Waals surface area contributed by atoms with Crippen molar-refractivity contribution in [3.05, 3.63) is 0 Å². The molecule has 0 bridgehead atoms. The standard InChI is InChI=1S/C23H46O2S/c1-4-7-10-12-13-15-17-22(16-14-11-8-5-2)21-26-20-18-23(24)25-19-9-6-3/h22H,4-21H2,1-3H3. The molecule has 0 heterocycles. The molecule has 0 aromatic heterocycles. The van der Waals surface area contributed by atoms with Gasteiger partial charge in [-0.05, 0) is 30.9 Å². The van der Waals surface area contributed by atoms with Crippen LogP contribution in [0, 0.1) is 5.92 Å². The van der Waals surface area contributed by atoms with Crippen LogP contribution in [0.3, 0.4) is 0 Å². The van der Waals surface area contributed by atoms with Crippen LogP contribution in [-0.4, -0.2) is 24.1 Å². The minimum absolute atomic E-state index is 0.0126. The van der Waals surface area contributed by atoms with Crippen molar-refractivity contribution in [1.82, 2.24) is 0 Å². The van der Waals surface area contributed by atoms with E-state index in [1.165, 1.54) is 82.8 Å². The molecule has 0 saturated heterocycles. The van der Waals surface area contributed by atoms with E-state index in [1.54, 1.807) is 0 Å². The second-order valence-corrected chi connectivity index (χ2v) is 8.82. The van der Waals surface area contributed by atoms with Crippen LogP contribution < -0.4 is 0 Å². The van der Waals surface area contributed by atoms with Gasteiger partial charge < -0.3 is 4.74 Å². The molecule has 0 aliphatic carbocycles. The van der Waals surface area contributed by atoms with Crippen LogP contribution in [0.15, 0.2) is 0 Å². The van der Waals surface area contributed by atoms with Gasteiger partial charge >= 0.3 is 5.97 Å². The van der Waals surface area contributed by atoms with Gasteiger partial charge in [-0.2, -0.15) is 11.8 Å². The molecule has 2 nitrogen and oxygen atoms in total. The van der Waals surface area contributed by atoms with E-state index in [0.29, 0.717) is 13.0 Å². The van der Waals surface area contributed by atoms with E-state index in [4.69, 9.17) is 4.74 Å². The summed E-state index contributed by atoms with van der Waals surface area (Å²) in [6, 6.07) is 0. The van der Waals surface area contributed by atoms with Crippen LogP contribution in [0.1, 0.15) is 117 Å². The summed E-state index contributed by atoms with van der Waals surface area (Å²) in [4.78, 5) is 11.7. The number of esters is 1. The maximum Gasteiger partial charge on any atom is 0.306 e. The maximum absolute atomic E-state index is 11.7. The monoisotopic (exact) mass is 386 g/mol. The first kappa shape index (κ1) is 25.8. The number of hydrogen-bond donors (Lipinski definition) is 0. The number of carbonyl (C=O) groups excluding carboxylic acids is 1. The number of hydrogen-bond acceptors (Lipinski definition) is 3. The molecule has 156 valence electrons. The van der Waals surface area contributed by atoms with E-state index >= 15 is 0 Å². The number of ether oxygens (including phenoxy) is 1. The zero-order chi connectivity index (χ0) is 19.3. The van der Waals surface area contributed by atoms with Crippen molar-refractivity contribution in [2.75, 3.05) is 18.1 Å². The zero-order valence-electron chi connectivity index (χ0n) is 18.0. The van der Waals surface area contributed by atoms with Crippen LogP contribution in [-0.2, 0) is 9.53 Å². The summed E-state index contributed by atoms with van der Waals surface area (Å²) in [5, 5.41) is 0. The predicted octanol–water partition coefficient (Wildman–Crippen LogP) is 7.79. The lowest BCUT2D eigenvalue weighted by Gasteiger charge is -2.16. The van der Waals surface area contributed by atoms with Crippen molar-refractivity contribution >= 4 is 17.7 Å². The van der Waals surface area contributed by atoms with Crippen molar-refractivity contribution in [3.8, 4) is 0 Å². The Morgan fingerprint density at radius 3 is 1.92 bits per heavy atom. The Morgan fingerprint density at radius 1 is 0.769 bits per heavy atom. The summed E-state index contributed by atoms with van der Waals surface area (Å²) >= 11 is 1.96. The van der Waals surface area contributed by atoms with E-state index in [1.807, 2.05) is 11.8 Å². The minimum Gasteiger partial charge on any atom is -0.466 e. The van der Waals surface area contributed by atoms with Gasteiger partial charge in [0.25, 0.3) is 0 Å². The highest BCUT2D eigenvalue weighted by molar-refractivity contribution is 7.99. The summed E-state index contributed by atoms with van der Waals surface area (Å²) in [6.07, 6.45) is 19.2. The molecule has 0 aromatic carbocycles. The molecule has 26 heavy (non-hydrogen) atoms. The van der Waals surface area contributed by atoms with Gasteiger partial charge in [0.05, 0.1) is 13.0 Å². The topological polar surface area (TPSA) is 26.3 Å². The zero-order valence-corrected chi connectivity index (χ0v) is 18.8. The summed E-state index contributed by atoms with van der Waals surface area (Å²) in [6.45, 7) is 7.28. The van der Waals surface area contributed by atoms with Gasteiger partial charge in [-0.15, -0.1) is 0 Å². The number of unbranched alkanes of at least 4 members (excludes halogenated alkanes) is 9. The van der Waals surface area contributed by atoms with Gasteiger partial charge in [-0.1, -0.05) is 91.4 Å². The molecule has 0 fully saturated rings. The molecule has 0 aliphatic rings. The van der Waals surface area contributed by atoms with E-state index < -0.39 is 0 Å². The summed E-state index contributed by atoms with van der Waals surface area (Å²) in [5.74, 6) is 2.98. The molecule has 0 saturated carbocycles. The average molecular weight is 387 g/mol. The van der Waals surface area contributed by atoms with E-state index in [0.717, 1.165) is 24.5 Å². The van der Waals surface area contributed by atoms with E-state index in [-0.39, 0.29) is 5.97 Å². The fourth-order valence-electron chi connectivity index (χ4n) is 3.19. The predicted molar refractivity (Wildman–Crippen MR) is 118 cm³/mol. The highest BCUT2D eigenvalue weighted by Crippen LogP contribution is 2.23. The molecular weight excluding hydrogens is 340 g/mol. The summed E-state index contributed by atoms with van der Waals surface area (Å²) < 4.78 is 5.24. The smallest absolute Gasteiger partial charge is 0.306 e. The average Bonchev–Trinajstić information content (AvgIpc) is 2.64. The quantitative estimate of drug-likeness (QED) is 0.158. The van der Waals surface area contributed by atoms with Crippen LogP contribution >= 0.6 is 11.8 Å². The molecule has 0 spiro atoms. The van der Waals surface area contributed by atoms with E-state index in [9.17, 15) is 4.79 Å². The first-order valence-corrected chi connectivity index (χ1v) is 12.6. The molecule has 0 radical (unpaired) electrons. The molecule has 0 rings (SSSR count). The van der Waals surface area contributed by atoms with Gasteiger partial charge in [0.1, 0.15) is 0 Å². The lowest BCUT2D eigenvalue weighted by molar-refractivity contribution is -0.143. The summed E-state index contributed by atoms with van der Waals surface area (Å²) in [5.41, 5.74) is 0. The fraction of sp³-hybridized carbons (Fsp3) is 0.957. The van der Waals surface area contributed by atoms with Crippen molar-refractivity contribution in [2.45, 2.75) is 117 Å². The third-order valence-corrected chi connectivity index (χ3v) is 6.20. The molecule has 1 atom stereocenters. The Morgan fingerprint density at radius 2 is 1.31 bits per heavy atom. The molecule has 3 heteroatoms. The number of rotatable bonds is 20. The lowest BCUT2D eigenvalue weighted by atomic mass is 9.96. The first-order valence-electron chi connectivity index (χ1n) is 11.5. The van der Waals surface area contributed by atoms with Gasteiger partial charge in [-0.25, -0.2) is 0 Å². The van der Waals surface area contributed by atoms with Crippen molar-refractivity contribution in [3.63, 3.8) is 0 Å². The number of thioether (sulfide) groups is 1. The summed E-state index contributed by atoms with van der Waals surface area (Å²) in [7, 11) is 0. The Hall–Kier alpha value is -0.180. The normalized spacial score (nSPS) is 12.3. The van der Waals surface area contributed by atoms with Crippen LogP contribution in [0.5, 0.6) is 0 Å². The van der Waals surface area contributed by atoms with Crippen molar-refractivity contribution < 1.29 is 9.53 Å². The van der Waals surface area contributed by atoms with Crippen LogP contribution in [0.4, 0.5) is 0 Å². The molecule has 0 aliphatic heterocycles. The molecule has 0 amide bonds. The first-order chi connectivity index (χ1) is 12.7. The van der Waals surface area contributed by atoms with Crippen molar-refractivity contribution in [1.29, 1.82) is 0 Å². The highest BCUT2D eigenvalue weighted by atomic mass is 32.2. The number of carbonyl (C=O) groups is 1. The fourth-order valence-corrected chi connectivity index (χ4v) is 4.34. The van der Waals surface area contributed by atoms with Crippen LogP contribution in [0.25, 0.3) is 0 Å². The van der Waals surface area contributed by atoms with E-state index in [2.05, 4.69) is 20.8 Å². The van der Waals surface area contributed by atoms with Gasteiger partial charge in [0.15, 0.2) is 0 Å². The molecule has 0 N–H and O–H groups in total. The molecular formula is C23H46O2S. The SMILES string of the molecule is CCCCCCCCC(CCCCCC)CSCCC(=O)OCCCC. The Kier molecular flexibility index (Phi) is 21.0. The Labute approximate surface area is 168 Å². The Bertz CT molecular complexity index is 294. The minimum atomic E-state index is -0.0126. The molecule has 1 unspecified atom stereocenters. The second kappa shape index (κ2) is 21.1. The van der Waals surface area contributed by atoms with Gasteiger partial charge in [0, 0.05) is 5.75 Å². The molecule has 0 aromatic rings. The highest BCUT2D eigenvalue weighted by Gasteiger charge is 2.10.